The average molecular weight is 297 g/mol. The van der Waals surface area contributed by atoms with Crippen LogP contribution >= 0.6 is 11.8 Å². The Labute approximate surface area is 124 Å². The lowest BCUT2D eigenvalue weighted by molar-refractivity contribution is -0.121. The van der Waals surface area contributed by atoms with Crippen LogP contribution in [-0.4, -0.2) is 42.4 Å². The number of carbonyl (C=O) groups is 1. The van der Waals surface area contributed by atoms with E-state index in [1.165, 1.54) is 11.8 Å². The molecule has 0 aromatic carbocycles. The number of hydrogen-bond donors (Lipinski definition) is 1. The molecule has 1 heterocycles. The van der Waals surface area contributed by atoms with E-state index in [-0.39, 0.29) is 5.91 Å². The van der Waals surface area contributed by atoms with E-state index in [9.17, 15) is 4.79 Å². The highest BCUT2D eigenvalue weighted by Gasteiger charge is 2.10. The Hall–Kier alpha value is -1.14. The van der Waals surface area contributed by atoms with Gasteiger partial charge in [0.1, 0.15) is 0 Å². The Balaban J connectivity index is 2.47. The molecule has 0 saturated carbocycles. The van der Waals surface area contributed by atoms with Gasteiger partial charge in [0.05, 0.1) is 0 Å². The zero-order valence-corrected chi connectivity index (χ0v) is 13.5. The minimum Gasteiger partial charge on any atom is -0.385 e. The lowest BCUT2D eigenvalue weighted by Crippen LogP contribution is -2.25. The van der Waals surface area contributed by atoms with Gasteiger partial charge in [-0.25, -0.2) is 9.97 Å². The standard InChI is InChI=1S/C14H23N3O2S/c1-10-12(11(2)17-14(16-10)20-4)6-7-13(18)15-8-5-9-19-3/h5-9H2,1-4H3,(H,15,18). The van der Waals surface area contributed by atoms with E-state index in [0.29, 0.717) is 26.0 Å². The number of hydrogen-bond acceptors (Lipinski definition) is 5. The van der Waals surface area contributed by atoms with E-state index in [2.05, 4.69) is 15.3 Å². The molecule has 0 fully saturated rings. The molecule has 0 atom stereocenters. The van der Waals surface area contributed by atoms with E-state index in [1.54, 1.807) is 7.11 Å². The first-order valence-electron chi connectivity index (χ1n) is 6.72. The van der Waals surface area contributed by atoms with Crippen molar-refractivity contribution < 1.29 is 9.53 Å². The minimum atomic E-state index is 0.0637. The van der Waals surface area contributed by atoms with Crippen LogP contribution in [0, 0.1) is 13.8 Å². The van der Waals surface area contributed by atoms with Gasteiger partial charge in [0.25, 0.3) is 0 Å². The molecule has 5 nitrogen and oxygen atoms in total. The molecule has 1 rings (SSSR count). The second-order valence-corrected chi connectivity index (χ2v) is 5.33. The fourth-order valence-electron chi connectivity index (χ4n) is 1.93. The van der Waals surface area contributed by atoms with Gasteiger partial charge in [-0.2, -0.15) is 0 Å². The summed E-state index contributed by atoms with van der Waals surface area (Å²) in [7, 11) is 1.66. The van der Waals surface area contributed by atoms with Gasteiger partial charge in [-0.3, -0.25) is 4.79 Å². The SMILES string of the molecule is COCCCNC(=O)CCc1c(C)nc(SC)nc1C. The summed E-state index contributed by atoms with van der Waals surface area (Å²) in [6.45, 7) is 5.27. The van der Waals surface area contributed by atoms with Crippen molar-refractivity contribution in [1.29, 1.82) is 0 Å². The molecule has 0 saturated heterocycles. The molecule has 1 N–H and O–H groups in total. The monoisotopic (exact) mass is 297 g/mol. The van der Waals surface area contributed by atoms with Crippen LogP contribution in [0.1, 0.15) is 29.8 Å². The normalized spacial score (nSPS) is 10.6. The van der Waals surface area contributed by atoms with Crippen molar-refractivity contribution in [1.82, 2.24) is 15.3 Å². The van der Waals surface area contributed by atoms with E-state index in [0.717, 1.165) is 28.5 Å². The Bertz CT molecular complexity index is 429. The summed E-state index contributed by atoms with van der Waals surface area (Å²) >= 11 is 1.53. The van der Waals surface area contributed by atoms with Crippen molar-refractivity contribution in [3.05, 3.63) is 17.0 Å². The second kappa shape index (κ2) is 8.92. The van der Waals surface area contributed by atoms with E-state index < -0.39 is 0 Å². The van der Waals surface area contributed by atoms with Crippen molar-refractivity contribution in [3.8, 4) is 0 Å². The molecule has 0 bridgehead atoms. The first kappa shape index (κ1) is 16.9. The predicted octanol–water partition coefficient (Wildman–Crippen LogP) is 1.90. The highest BCUT2D eigenvalue weighted by atomic mass is 32.2. The molecule has 1 aromatic heterocycles. The molecule has 0 aliphatic heterocycles. The first-order valence-corrected chi connectivity index (χ1v) is 7.94. The molecule has 0 aliphatic rings. The Morgan fingerprint density at radius 3 is 2.50 bits per heavy atom. The van der Waals surface area contributed by atoms with E-state index >= 15 is 0 Å². The molecule has 0 spiro atoms. The van der Waals surface area contributed by atoms with Gasteiger partial charge < -0.3 is 10.1 Å². The summed E-state index contributed by atoms with van der Waals surface area (Å²) in [5.74, 6) is 0.0637. The van der Waals surface area contributed by atoms with Gasteiger partial charge in [-0.15, -0.1) is 0 Å². The number of nitrogens with one attached hydrogen (secondary N) is 1. The highest BCUT2D eigenvalue weighted by Crippen LogP contribution is 2.16. The maximum atomic E-state index is 11.7. The summed E-state index contributed by atoms with van der Waals surface area (Å²) < 4.78 is 4.94. The van der Waals surface area contributed by atoms with Crippen LogP contribution in [0.4, 0.5) is 0 Å². The molecule has 20 heavy (non-hydrogen) atoms. The van der Waals surface area contributed by atoms with Gasteiger partial charge in [0, 0.05) is 38.1 Å². The molecular weight excluding hydrogens is 274 g/mol. The maximum absolute atomic E-state index is 11.7. The van der Waals surface area contributed by atoms with Gasteiger partial charge in [0.2, 0.25) is 5.91 Å². The van der Waals surface area contributed by atoms with Crippen molar-refractivity contribution in [2.24, 2.45) is 0 Å². The lowest BCUT2D eigenvalue weighted by Gasteiger charge is -2.10. The second-order valence-electron chi connectivity index (χ2n) is 4.56. The fraction of sp³-hybridized carbons (Fsp3) is 0.643. The maximum Gasteiger partial charge on any atom is 0.220 e. The van der Waals surface area contributed by atoms with Crippen LogP contribution in [0.5, 0.6) is 0 Å². The van der Waals surface area contributed by atoms with E-state index in [1.807, 2.05) is 20.1 Å². The number of nitrogens with zero attached hydrogens (tertiary/aromatic N) is 2. The predicted molar refractivity (Wildman–Crippen MR) is 81.1 cm³/mol. The van der Waals surface area contributed by atoms with Gasteiger partial charge >= 0.3 is 0 Å². The summed E-state index contributed by atoms with van der Waals surface area (Å²) in [4.78, 5) is 20.6. The summed E-state index contributed by atoms with van der Waals surface area (Å²) in [6, 6.07) is 0. The zero-order valence-electron chi connectivity index (χ0n) is 12.7. The molecule has 0 radical (unpaired) electrons. The van der Waals surface area contributed by atoms with Crippen LogP contribution in [0.15, 0.2) is 5.16 Å². The van der Waals surface area contributed by atoms with Gasteiger partial charge in [-0.1, -0.05) is 11.8 Å². The number of aryl methyl sites for hydroxylation is 2. The Kier molecular flexibility index (Phi) is 7.54. The van der Waals surface area contributed by atoms with E-state index in [4.69, 9.17) is 4.74 Å². The van der Waals surface area contributed by atoms with Crippen LogP contribution in [0.3, 0.4) is 0 Å². The Morgan fingerprint density at radius 1 is 1.30 bits per heavy atom. The van der Waals surface area contributed by atoms with Gasteiger partial charge in [-0.05, 0) is 38.5 Å². The molecule has 112 valence electrons. The van der Waals surface area contributed by atoms with Gasteiger partial charge in [0.15, 0.2) is 5.16 Å². The number of aromatic nitrogens is 2. The highest BCUT2D eigenvalue weighted by molar-refractivity contribution is 7.98. The molecule has 0 unspecified atom stereocenters. The summed E-state index contributed by atoms with van der Waals surface area (Å²) in [6.07, 6.45) is 3.95. The number of amides is 1. The zero-order chi connectivity index (χ0) is 15.0. The van der Waals surface area contributed by atoms with Crippen molar-refractivity contribution in [2.45, 2.75) is 38.3 Å². The van der Waals surface area contributed by atoms with Crippen molar-refractivity contribution >= 4 is 17.7 Å². The third-order valence-electron chi connectivity index (χ3n) is 3.03. The van der Waals surface area contributed by atoms with Crippen LogP contribution in [0.25, 0.3) is 0 Å². The average Bonchev–Trinajstić information content (AvgIpc) is 2.42. The number of carbonyl (C=O) groups excluding carboxylic acids is 1. The molecular formula is C14H23N3O2S. The molecule has 1 amide bonds. The molecule has 6 heteroatoms. The minimum absolute atomic E-state index is 0.0637. The number of ether oxygens (including phenoxy) is 1. The van der Waals surface area contributed by atoms with Crippen molar-refractivity contribution in [3.63, 3.8) is 0 Å². The fourth-order valence-corrected chi connectivity index (χ4v) is 2.39. The molecule has 1 aromatic rings. The quantitative estimate of drug-likeness (QED) is 0.451. The third-order valence-corrected chi connectivity index (χ3v) is 3.58. The largest absolute Gasteiger partial charge is 0.385 e. The number of methoxy groups -OCH3 is 1. The lowest BCUT2D eigenvalue weighted by atomic mass is 10.1. The first-order chi connectivity index (χ1) is 9.58. The third kappa shape index (κ3) is 5.46. The van der Waals surface area contributed by atoms with Crippen LogP contribution < -0.4 is 5.32 Å². The molecule has 0 aliphatic carbocycles. The van der Waals surface area contributed by atoms with Crippen LogP contribution in [0.2, 0.25) is 0 Å². The van der Waals surface area contributed by atoms with Crippen molar-refractivity contribution in [2.75, 3.05) is 26.5 Å². The number of rotatable bonds is 8. The summed E-state index contributed by atoms with van der Waals surface area (Å²) in [5.41, 5.74) is 3.01. The smallest absolute Gasteiger partial charge is 0.220 e. The number of thioether (sulfide) groups is 1. The van der Waals surface area contributed by atoms with Crippen LogP contribution in [-0.2, 0) is 16.0 Å². The topological polar surface area (TPSA) is 64.1 Å². The summed E-state index contributed by atoms with van der Waals surface area (Å²) in [5, 5.41) is 3.67. The Morgan fingerprint density at radius 2 is 1.95 bits per heavy atom.